The van der Waals surface area contributed by atoms with Gasteiger partial charge < -0.3 is 10.6 Å². The van der Waals surface area contributed by atoms with Crippen LogP contribution >= 0.6 is 0 Å². The highest BCUT2D eigenvalue weighted by atomic mass is 32.2. The van der Waals surface area contributed by atoms with E-state index in [1.165, 1.54) is 6.26 Å². The zero-order chi connectivity index (χ0) is 17.0. The topological polar surface area (TPSA) is 121 Å². The molecule has 9 heteroatoms. The number of imide groups is 1. The van der Waals surface area contributed by atoms with Crippen LogP contribution in [-0.4, -0.2) is 38.6 Å². The summed E-state index contributed by atoms with van der Waals surface area (Å²) >= 11 is 0. The van der Waals surface area contributed by atoms with Crippen LogP contribution in [0.2, 0.25) is 0 Å². The molecule has 1 aliphatic rings. The third-order valence-electron chi connectivity index (χ3n) is 3.19. The Morgan fingerprint density at radius 1 is 1.17 bits per heavy atom. The smallest absolute Gasteiger partial charge is 0.322 e. The number of carbonyl (C=O) groups excluding carboxylic acids is 3. The molecule has 3 N–H and O–H groups in total. The van der Waals surface area contributed by atoms with Crippen LogP contribution in [0.4, 0.5) is 4.79 Å². The Morgan fingerprint density at radius 2 is 1.78 bits per heavy atom. The Bertz CT molecular complexity index is 727. The molecule has 1 heterocycles. The van der Waals surface area contributed by atoms with Gasteiger partial charge in [-0.2, -0.15) is 0 Å². The summed E-state index contributed by atoms with van der Waals surface area (Å²) in [6.45, 7) is 0.250. The third kappa shape index (κ3) is 5.37. The van der Waals surface area contributed by atoms with Crippen LogP contribution in [0, 0.1) is 0 Å². The van der Waals surface area contributed by atoms with E-state index < -0.39 is 27.8 Å². The molecular formula is C14H17N3O5S. The fourth-order valence-electron chi connectivity index (χ4n) is 2.12. The molecule has 0 aliphatic carbocycles. The lowest BCUT2D eigenvalue weighted by atomic mass is 10.1. The largest absolute Gasteiger partial charge is 0.352 e. The van der Waals surface area contributed by atoms with Crippen molar-refractivity contribution in [2.45, 2.75) is 24.8 Å². The molecule has 0 unspecified atom stereocenters. The molecule has 2 rings (SSSR count). The SMILES string of the molecule is CS(=O)(=O)Cc1ccc(CNC(=O)C[C@@H]2NC(=O)NC2=O)cc1. The van der Waals surface area contributed by atoms with E-state index in [2.05, 4.69) is 16.0 Å². The summed E-state index contributed by atoms with van der Waals surface area (Å²) in [4.78, 5) is 34.0. The van der Waals surface area contributed by atoms with Crippen LogP contribution in [0.1, 0.15) is 17.5 Å². The Hall–Kier alpha value is -2.42. The molecule has 1 aromatic carbocycles. The molecule has 0 radical (unpaired) electrons. The van der Waals surface area contributed by atoms with Crippen molar-refractivity contribution in [2.75, 3.05) is 6.26 Å². The summed E-state index contributed by atoms with van der Waals surface area (Å²) in [5.74, 6) is -0.918. The van der Waals surface area contributed by atoms with Gasteiger partial charge in [0, 0.05) is 12.8 Å². The van der Waals surface area contributed by atoms with Crippen molar-refractivity contribution in [1.29, 1.82) is 0 Å². The van der Waals surface area contributed by atoms with Crippen LogP contribution in [-0.2, 0) is 31.7 Å². The lowest BCUT2D eigenvalue weighted by Gasteiger charge is -2.09. The van der Waals surface area contributed by atoms with Crippen molar-refractivity contribution in [2.24, 2.45) is 0 Å². The second kappa shape index (κ2) is 6.78. The monoisotopic (exact) mass is 339 g/mol. The number of carbonyl (C=O) groups is 3. The molecule has 23 heavy (non-hydrogen) atoms. The minimum Gasteiger partial charge on any atom is -0.352 e. The quantitative estimate of drug-likeness (QED) is 0.600. The van der Waals surface area contributed by atoms with Gasteiger partial charge in [-0.25, -0.2) is 13.2 Å². The van der Waals surface area contributed by atoms with Crippen LogP contribution in [0.25, 0.3) is 0 Å². The van der Waals surface area contributed by atoms with E-state index in [0.717, 1.165) is 5.56 Å². The number of urea groups is 1. The van der Waals surface area contributed by atoms with Gasteiger partial charge in [0.05, 0.1) is 12.2 Å². The highest BCUT2D eigenvalue weighted by molar-refractivity contribution is 7.89. The molecule has 0 bridgehead atoms. The molecule has 0 saturated carbocycles. The third-order valence-corrected chi connectivity index (χ3v) is 4.05. The highest BCUT2D eigenvalue weighted by Gasteiger charge is 2.31. The summed E-state index contributed by atoms with van der Waals surface area (Å²) in [5.41, 5.74) is 1.48. The van der Waals surface area contributed by atoms with E-state index in [4.69, 9.17) is 0 Å². The van der Waals surface area contributed by atoms with Crippen molar-refractivity contribution in [3.63, 3.8) is 0 Å². The van der Waals surface area contributed by atoms with E-state index in [0.29, 0.717) is 5.56 Å². The van der Waals surface area contributed by atoms with E-state index in [9.17, 15) is 22.8 Å². The number of hydrogen-bond donors (Lipinski definition) is 3. The van der Waals surface area contributed by atoms with Gasteiger partial charge in [-0.05, 0) is 11.1 Å². The van der Waals surface area contributed by atoms with Crippen molar-refractivity contribution in [1.82, 2.24) is 16.0 Å². The van der Waals surface area contributed by atoms with Gasteiger partial charge in [0.15, 0.2) is 9.84 Å². The van der Waals surface area contributed by atoms with Gasteiger partial charge in [-0.3, -0.25) is 14.9 Å². The Balaban J connectivity index is 1.82. The van der Waals surface area contributed by atoms with Gasteiger partial charge in [-0.15, -0.1) is 0 Å². The molecule has 4 amide bonds. The summed E-state index contributed by atoms with van der Waals surface area (Å²) in [6, 6.07) is 5.38. The summed E-state index contributed by atoms with van der Waals surface area (Å²) in [6.07, 6.45) is 1.03. The Morgan fingerprint density at radius 3 is 2.30 bits per heavy atom. The van der Waals surface area contributed by atoms with Gasteiger partial charge in [0.1, 0.15) is 6.04 Å². The minimum atomic E-state index is -3.08. The minimum absolute atomic E-state index is 0.0316. The predicted molar refractivity (Wildman–Crippen MR) is 81.9 cm³/mol. The second-order valence-electron chi connectivity index (χ2n) is 5.38. The van der Waals surface area contributed by atoms with Crippen LogP contribution in [0.15, 0.2) is 24.3 Å². The van der Waals surface area contributed by atoms with Gasteiger partial charge in [0.25, 0.3) is 5.91 Å². The van der Waals surface area contributed by atoms with Crippen LogP contribution in [0.5, 0.6) is 0 Å². The van der Waals surface area contributed by atoms with Crippen molar-refractivity contribution >= 4 is 27.7 Å². The lowest BCUT2D eigenvalue weighted by Crippen LogP contribution is -2.36. The van der Waals surface area contributed by atoms with E-state index in [-0.39, 0.29) is 24.6 Å². The Labute approximate surface area is 133 Å². The Kier molecular flexibility index (Phi) is 4.99. The summed E-state index contributed by atoms with van der Waals surface area (Å²) < 4.78 is 22.4. The predicted octanol–water partition coefficient (Wildman–Crippen LogP) is -0.554. The van der Waals surface area contributed by atoms with E-state index in [1.807, 2.05) is 0 Å². The van der Waals surface area contributed by atoms with Gasteiger partial charge in [0.2, 0.25) is 5.91 Å². The average molecular weight is 339 g/mol. The molecule has 1 atom stereocenters. The standard InChI is InChI=1S/C14H17N3O5S/c1-23(21,22)8-10-4-2-9(3-5-10)7-15-12(18)6-11-13(19)17-14(20)16-11/h2-5,11H,6-8H2,1H3,(H,15,18)(H2,16,17,19,20)/t11-/m0/s1. The van der Waals surface area contributed by atoms with Crippen LogP contribution in [0.3, 0.4) is 0 Å². The first kappa shape index (κ1) is 16.9. The number of rotatable bonds is 6. The highest BCUT2D eigenvalue weighted by Crippen LogP contribution is 2.08. The zero-order valence-electron chi connectivity index (χ0n) is 12.5. The van der Waals surface area contributed by atoms with Crippen molar-refractivity contribution < 1.29 is 22.8 Å². The molecule has 0 spiro atoms. The number of sulfone groups is 1. The first-order chi connectivity index (χ1) is 10.7. The maximum Gasteiger partial charge on any atom is 0.322 e. The maximum atomic E-state index is 11.8. The molecule has 0 aromatic heterocycles. The molecule has 8 nitrogen and oxygen atoms in total. The summed E-state index contributed by atoms with van der Waals surface area (Å²) in [5, 5.41) is 7.04. The molecular weight excluding hydrogens is 322 g/mol. The number of benzene rings is 1. The molecule has 1 saturated heterocycles. The second-order valence-corrected chi connectivity index (χ2v) is 7.52. The first-order valence-electron chi connectivity index (χ1n) is 6.86. The number of amides is 4. The van der Waals surface area contributed by atoms with Gasteiger partial charge >= 0.3 is 6.03 Å². The van der Waals surface area contributed by atoms with Crippen molar-refractivity contribution in [3.8, 4) is 0 Å². The van der Waals surface area contributed by atoms with E-state index in [1.54, 1.807) is 24.3 Å². The molecule has 1 aromatic rings. The number of hydrogen-bond acceptors (Lipinski definition) is 5. The van der Waals surface area contributed by atoms with E-state index >= 15 is 0 Å². The van der Waals surface area contributed by atoms with Crippen molar-refractivity contribution in [3.05, 3.63) is 35.4 Å². The fourth-order valence-corrected chi connectivity index (χ4v) is 2.91. The first-order valence-corrected chi connectivity index (χ1v) is 8.92. The molecule has 1 fully saturated rings. The zero-order valence-corrected chi connectivity index (χ0v) is 13.3. The normalized spacial score (nSPS) is 17.5. The lowest BCUT2D eigenvalue weighted by molar-refractivity contribution is -0.126. The number of nitrogens with one attached hydrogen (secondary N) is 3. The molecule has 124 valence electrons. The van der Waals surface area contributed by atoms with Crippen LogP contribution < -0.4 is 16.0 Å². The summed E-state index contributed by atoms with van der Waals surface area (Å²) in [7, 11) is -3.08. The maximum absolute atomic E-state index is 11.8. The fraction of sp³-hybridized carbons (Fsp3) is 0.357. The molecule has 1 aliphatic heterocycles. The average Bonchev–Trinajstić information content (AvgIpc) is 2.74. The van der Waals surface area contributed by atoms with Gasteiger partial charge in [-0.1, -0.05) is 24.3 Å².